The van der Waals surface area contributed by atoms with E-state index in [2.05, 4.69) is 22.5 Å². The molecule has 14 heavy (non-hydrogen) atoms. The van der Waals surface area contributed by atoms with E-state index in [1.165, 1.54) is 0 Å². The summed E-state index contributed by atoms with van der Waals surface area (Å²) < 4.78 is 6.24. The summed E-state index contributed by atoms with van der Waals surface area (Å²) in [5.74, 6) is 0.822. The quantitative estimate of drug-likeness (QED) is 0.840. The van der Waals surface area contributed by atoms with E-state index in [0.717, 1.165) is 22.2 Å². The smallest absolute Gasteiger partial charge is 0.123 e. The van der Waals surface area contributed by atoms with Crippen LogP contribution in [0.15, 0.2) is 35.3 Å². The Morgan fingerprint density at radius 3 is 2.93 bits per heavy atom. The molecule has 2 N–H and O–H groups in total. The molecule has 0 saturated carbocycles. The molecule has 1 rings (SSSR count). The van der Waals surface area contributed by atoms with E-state index in [1.807, 2.05) is 24.3 Å². The second kappa shape index (κ2) is 5.17. The predicted molar refractivity (Wildman–Crippen MR) is 62.4 cm³/mol. The van der Waals surface area contributed by atoms with Gasteiger partial charge in [0.15, 0.2) is 0 Å². The average Bonchev–Trinajstić information content (AvgIpc) is 2.18. The van der Waals surface area contributed by atoms with E-state index < -0.39 is 0 Å². The minimum absolute atomic E-state index is 0.0556. The van der Waals surface area contributed by atoms with Crippen molar-refractivity contribution < 1.29 is 4.74 Å². The van der Waals surface area contributed by atoms with Crippen LogP contribution in [0.25, 0.3) is 0 Å². The molecular weight excluding hydrogens is 242 g/mol. The normalized spacial score (nSPS) is 12.2. The topological polar surface area (TPSA) is 35.2 Å². The van der Waals surface area contributed by atoms with E-state index >= 15 is 0 Å². The lowest BCUT2D eigenvalue weighted by atomic mass is 10.0. The van der Waals surface area contributed by atoms with Crippen LogP contribution < -0.4 is 10.5 Å². The van der Waals surface area contributed by atoms with Gasteiger partial charge in [-0.05, 0) is 24.6 Å². The van der Waals surface area contributed by atoms with Crippen LogP contribution in [0.1, 0.15) is 18.0 Å². The number of methoxy groups -OCH3 is 1. The number of rotatable bonds is 4. The molecule has 1 atom stereocenters. The van der Waals surface area contributed by atoms with Crippen LogP contribution in [-0.4, -0.2) is 7.11 Å². The van der Waals surface area contributed by atoms with Gasteiger partial charge in [0.05, 0.1) is 7.11 Å². The molecule has 0 aromatic heterocycles. The third kappa shape index (κ3) is 2.59. The Morgan fingerprint density at radius 1 is 1.64 bits per heavy atom. The molecule has 0 spiro atoms. The lowest BCUT2D eigenvalue weighted by molar-refractivity contribution is 0.405. The zero-order chi connectivity index (χ0) is 10.6. The summed E-state index contributed by atoms with van der Waals surface area (Å²) >= 11 is 3.41. The first-order valence-corrected chi connectivity index (χ1v) is 5.18. The summed E-state index contributed by atoms with van der Waals surface area (Å²) in [6.07, 6.45) is 2.55. The largest absolute Gasteiger partial charge is 0.496 e. The predicted octanol–water partition coefficient (Wildman–Crippen LogP) is 3.03. The molecule has 0 unspecified atom stereocenters. The molecule has 0 aliphatic carbocycles. The number of benzene rings is 1. The zero-order valence-corrected chi connectivity index (χ0v) is 9.75. The van der Waals surface area contributed by atoms with Crippen molar-refractivity contribution >= 4 is 15.9 Å². The third-order valence-corrected chi connectivity index (χ3v) is 2.51. The number of halogens is 1. The lowest BCUT2D eigenvalue weighted by Gasteiger charge is -2.14. The first-order valence-electron chi connectivity index (χ1n) is 4.39. The summed E-state index contributed by atoms with van der Waals surface area (Å²) in [6, 6.07) is 5.76. The minimum Gasteiger partial charge on any atom is -0.496 e. The van der Waals surface area contributed by atoms with Gasteiger partial charge >= 0.3 is 0 Å². The summed E-state index contributed by atoms with van der Waals surface area (Å²) in [7, 11) is 1.65. The molecule has 0 fully saturated rings. The number of hydrogen-bond acceptors (Lipinski definition) is 2. The summed E-state index contributed by atoms with van der Waals surface area (Å²) in [5.41, 5.74) is 6.98. The number of hydrogen-bond donors (Lipinski definition) is 1. The van der Waals surface area contributed by atoms with E-state index in [4.69, 9.17) is 10.5 Å². The van der Waals surface area contributed by atoms with Gasteiger partial charge in [0.25, 0.3) is 0 Å². The zero-order valence-electron chi connectivity index (χ0n) is 8.16. The molecule has 2 nitrogen and oxygen atoms in total. The van der Waals surface area contributed by atoms with Crippen molar-refractivity contribution in [1.29, 1.82) is 0 Å². The number of nitrogens with two attached hydrogens (primary N) is 1. The van der Waals surface area contributed by atoms with E-state index in [1.54, 1.807) is 7.11 Å². The molecule has 0 amide bonds. The van der Waals surface area contributed by atoms with Gasteiger partial charge in [0.1, 0.15) is 5.75 Å². The Morgan fingerprint density at radius 2 is 2.36 bits per heavy atom. The SMILES string of the molecule is C=CC[C@@H](N)c1cc(Br)ccc1OC. The summed E-state index contributed by atoms with van der Waals surface area (Å²) in [6.45, 7) is 3.67. The second-order valence-electron chi connectivity index (χ2n) is 3.02. The fourth-order valence-electron chi connectivity index (χ4n) is 1.30. The highest BCUT2D eigenvalue weighted by Crippen LogP contribution is 2.28. The van der Waals surface area contributed by atoms with Gasteiger partial charge in [0.2, 0.25) is 0 Å². The van der Waals surface area contributed by atoms with Gasteiger partial charge in [-0.2, -0.15) is 0 Å². The van der Waals surface area contributed by atoms with E-state index in [-0.39, 0.29) is 6.04 Å². The lowest BCUT2D eigenvalue weighted by Crippen LogP contribution is -2.10. The van der Waals surface area contributed by atoms with Gasteiger partial charge in [-0.3, -0.25) is 0 Å². The fraction of sp³-hybridized carbons (Fsp3) is 0.273. The minimum atomic E-state index is -0.0556. The van der Waals surface area contributed by atoms with Crippen LogP contribution in [0.2, 0.25) is 0 Å². The first kappa shape index (κ1) is 11.3. The molecule has 76 valence electrons. The van der Waals surface area contributed by atoms with Crippen molar-refractivity contribution in [2.45, 2.75) is 12.5 Å². The van der Waals surface area contributed by atoms with Crippen LogP contribution in [0.4, 0.5) is 0 Å². The standard InChI is InChI=1S/C11H14BrNO/c1-3-4-10(13)9-7-8(12)5-6-11(9)14-2/h3,5-7,10H,1,4,13H2,2H3/t10-/m1/s1. The molecule has 0 saturated heterocycles. The maximum Gasteiger partial charge on any atom is 0.123 e. The third-order valence-electron chi connectivity index (χ3n) is 2.01. The Hall–Kier alpha value is -0.800. The number of ether oxygens (including phenoxy) is 1. The second-order valence-corrected chi connectivity index (χ2v) is 3.93. The van der Waals surface area contributed by atoms with Crippen molar-refractivity contribution in [2.24, 2.45) is 5.73 Å². The first-order chi connectivity index (χ1) is 6.69. The van der Waals surface area contributed by atoms with Crippen molar-refractivity contribution in [2.75, 3.05) is 7.11 Å². The van der Waals surface area contributed by atoms with Crippen molar-refractivity contribution in [3.8, 4) is 5.75 Å². The fourth-order valence-corrected chi connectivity index (χ4v) is 1.68. The van der Waals surface area contributed by atoms with Gasteiger partial charge in [-0.15, -0.1) is 6.58 Å². The van der Waals surface area contributed by atoms with Crippen LogP contribution in [0, 0.1) is 0 Å². The Kier molecular flexibility index (Phi) is 4.17. The highest BCUT2D eigenvalue weighted by Gasteiger charge is 2.10. The summed E-state index contributed by atoms with van der Waals surface area (Å²) in [4.78, 5) is 0. The molecule has 1 aromatic rings. The molecule has 0 heterocycles. The van der Waals surface area contributed by atoms with Crippen molar-refractivity contribution in [1.82, 2.24) is 0 Å². The van der Waals surface area contributed by atoms with Gasteiger partial charge in [-0.1, -0.05) is 22.0 Å². The van der Waals surface area contributed by atoms with Gasteiger partial charge in [-0.25, -0.2) is 0 Å². The maximum atomic E-state index is 5.98. The Bertz CT molecular complexity index is 325. The highest BCUT2D eigenvalue weighted by atomic mass is 79.9. The van der Waals surface area contributed by atoms with Crippen LogP contribution >= 0.6 is 15.9 Å². The Balaban J connectivity index is 3.02. The monoisotopic (exact) mass is 255 g/mol. The Labute approximate surface area is 92.9 Å². The molecule has 0 bridgehead atoms. The molecule has 0 radical (unpaired) electrons. The van der Waals surface area contributed by atoms with Crippen LogP contribution in [-0.2, 0) is 0 Å². The van der Waals surface area contributed by atoms with Gasteiger partial charge < -0.3 is 10.5 Å². The molecular formula is C11H14BrNO. The van der Waals surface area contributed by atoms with Crippen LogP contribution in [0.3, 0.4) is 0 Å². The van der Waals surface area contributed by atoms with Crippen molar-refractivity contribution in [3.63, 3.8) is 0 Å². The van der Waals surface area contributed by atoms with Crippen LogP contribution in [0.5, 0.6) is 5.75 Å². The van der Waals surface area contributed by atoms with E-state index in [0.29, 0.717) is 0 Å². The van der Waals surface area contributed by atoms with Crippen molar-refractivity contribution in [3.05, 3.63) is 40.9 Å². The van der Waals surface area contributed by atoms with E-state index in [9.17, 15) is 0 Å². The average molecular weight is 256 g/mol. The maximum absolute atomic E-state index is 5.98. The highest BCUT2D eigenvalue weighted by molar-refractivity contribution is 9.10. The molecule has 3 heteroatoms. The molecule has 0 aliphatic rings. The van der Waals surface area contributed by atoms with Gasteiger partial charge in [0, 0.05) is 16.1 Å². The molecule has 0 aliphatic heterocycles. The summed E-state index contributed by atoms with van der Waals surface area (Å²) in [5, 5.41) is 0. The molecule has 1 aromatic carbocycles.